The third kappa shape index (κ3) is 8.36. The molecule has 1 heterocycles. The number of hydrogen-bond donors (Lipinski definition) is 3. The van der Waals surface area contributed by atoms with E-state index in [1.807, 2.05) is 97.5 Å². The van der Waals surface area contributed by atoms with Gasteiger partial charge in [-0.3, -0.25) is 14.4 Å². The number of sulfonamides is 1. The van der Waals surface area contributed by atoms with E-state index in [-0.39, 0.29) is 28.2 Å². The van der Waals surface area contributed by atoms with Crippen molar-refractivity contribution in [1.82, 2.24) is 24.8 Å². The van der Waals surface area contributed by atoms with E-state index in [4.69, 9.17) is 0 Å². The Morgan fingerprint density at radius 1 is 0.938 bits per heavy atom. The quantitative estimate of drug-likeness (QED) is 0.236. The standard InChI is InChI=1S/C37H53N5O5S/c1-23(2)30(21-25(4)33(43)40-48(46,47)26-19-17-24(3)18-20-26)42(12)35(45)32(36(5,6)7)39-34(44)31(38-10)37(8,9)28-22-41(11)29-16-14-13-15-27(28)29/h13-23,30-32,38H,1-12H3,(H,39,44)(H,40,43)/b25-21+/t30-,31-,32-/m1/s1. The molecule has 0 spiro atoms. The van der Waals surface area contributed by atoms with Crippen molar-refractivity contribution in [3.05, 3.63) is 77.5 Å². The van der Waals surface area contributed by atoms with Gasteiger partial charge in [0, 0.05) is 42.2 Å². The predicted molar refractivity (Wildman–Crippen MR) is 192 cm³/mol. The van der Waals surface area contributed by atoms with Crippen molar-refractivity contribution in [2.75, 3.05) is 14.1 Å². The molecule has 0 radical (unpaired) electrons. The minimum atomic E-state index is -4.09. The van der Waals surface area contributed by atoms with Crippen LogP contribution < -0.4 is 15.4 Å². The van der Waals surface area contributed by atoms with Crippen molar-refractivity contribution in [1.29, 1.82) is 0 Å². The molecule has 10 nitrogen and oxygen atoms in total. The number of benzene rings is 2. The number of aromatic nitrogens is 1. The second kappa shape index (κ2) is 14.7. The number of hydrogen-bond acceptors (Lipinski definition) is 6. The van der Waals surface area contributed by atoms with Gasteiger partial charge >= 0.3 is 0 Å². The van der Waals surface area contributed by atoms with Crippen molar-refractivity contribution in [2.24, 2.45) is 18.4 Å². The molecule has 3 atom stereocenters. The van der Waals surface area contributed by atoms with Gasteiger partial charge < -0.3 is 20.1 Å². The van der Waals surface area contributed by atoms with E-state index in [1.54, 1.807) is 32.3 Å². The number of nitrogens with one attached hydrogen (secondary N) is 3. The average Bonchev–Trinajstić information content (AvgIpc) is 3.34. The van der Waals surface area contributed by atoms with Crippen LogP contribution >= 0.6 is 0 Å². The van der Waals surface area contributed by atoms with Crippen molar-refractivity contribution in [3.63, 3.8) is 0 Å². The molecule has 3 aromatic rings. The summed E-state index contributed by atoms with van der Waals surface area (Å²) in [6.07, 6.45) is 3.65. The fraction of sp³-hybridized carbons (Fsp3) is 0.486. The normalized spacial score (nSPS) is 14.8. The van der Waals surface area contributed by atoms with E-state index in [2.05, 4.69) is 15.4 Å². The summed E-state index contributed by atoms with van der Waals surface area (Å²) >= 11 is 0. The summed E-state index contributed by atoms with van der Waals surface area (Å²) in [5.74, 6) is -1.56. The molecule has 3 amide bonds. The third-order valence-corrected chi connectivity index (χ3v) is 10.4. The molecule has 262 valence electrons. The molecule has 0 saturated heterocycles. The maximum absolute atomic E-state index is 14.2. The molecule has 0 unspecified atom stereocenters. The zero-order valence-corrected chi connectivity index (χ0v) is 31.2. The number of aryl methyl sites for hydroxylation is 2. The Kier molecular flexibility index (Phi) is 11.8. The summed E-state index contributed by atoms with van der Waals surface area (Å²) in [6.45, 7) is 16.9. The topological polar surface area (TPSA) is 130 Å². The van der Waals surface area contributed by atoms with Gasteiger partial charge in [0.15, 0.2) is 0 Å². The lowest BCUT2D eigenvalue weighted by atomic mass is 9.76. The lowest BCUT2D eigenvalue weighted by molar-refractivity contribution is -0.140. The molecule has 0 aliphatic heterocycles. The molecule has 0 aliphatic carbocycles. The van der Waals surface area contributed by atoms with Crippen LogP contribution in [0.4, 0.5) is 0 Å². The SMILES string of the molecule is CN[C@H](C(=O)N[C@H](C(=O)N(C)[C@H](/C=C(\C)C(=O)NS(=O)(=O)c1ccc(C)cc1)C(C)C)C(C)(C)C)C(C)(C)c1cn(C)c2ccccc12. The van der Waals surface area contributed by atoms with Gasteiger partial charge in [-0.05, 0) is 56.0 Å². The lowest BCUT2D eigenvalue weighted by Gasteiger charge is -2.39. The number of nitrogens with zero attached hydrogens (tertiary/aromatic N) is 2. The van der Waals surface area contributed by atoms with E-state index in [9.17, 15) is 22.8 Å². The molecular weight excluding hydrogens is 627 g/mol. The minimum Gasteiger partial charge on any atom is -0.350 e. The smallest absolute Gasteiger partial charge is 0.264 e. The first-order valence-electron chi connectivity index (χ1n) is 16.2. The Morgan fingerprint density at radius 2 is 1.52 bits per heavy atom. The van der Waals surface area contributed by atoms with Crippen LogP contribution in [0.3, 0.4) is 0 Å². The molecule has 3 rings (SSSR count). The van der Waals surface area contributed by atoms with Crippen molar-refractivity contribution in [2.45, 2.75) is 90.7 Å². The molecule has 0 fully saturated rings. The maximum atomic E-state index is 14.2. The van der Waals surface area contributed by atoms with Crippen LogP contribution in [0.2, 0.25) is 0 Å². The first kappa shape index (κ1) is 38.5. The Labute approximate surface area is 286 Å². The Bertz CT molecular complexity index is 1780. The Morgan fingerprint density at radius 3 is 2.06 bits per heavy atom. The number of para-hydroxylation sites is 1. The first-order valence-corrected chi connectivity index (χ1v) is 17.7. The van der Waals surface area contributed by atoms with Crippen LogP contribution in [0.15, 0.2) is 71.3 Å². The van der Waals surface area contributed by atoms with Gasteiger partial charge in [0.2, 0.25) is 11.8 Å². The fourth-order valence-electron chi connectivity index (χ4n) is 6.12. The van der Waals surface area contributed by atoms with Gasteiger partial charge in [0.05, 0.1) is 17.0 Å². The average molecular weight is 680 g/mol. The fourth-order valence-corrected chi connectivity index (χ4v) is 7.13. The van der Waals surface area contributed by atoms with Gasteiger partial charge in [0.25, 0.3) is 15.9 Å². The molecule has 3 N–H and O–H groups in total. The van der Waals surface area contributed by atoms with Crippen LogP contribution in [-0.4, -0.2) is 67.8 Å². The van der Waals surface area contributed by atoms with Gasteiger partial charge in [-0.15, -0.1) is 0 Å². The van der Waals surface area contributed by atoms with E-state index < -0.39 is 44.9 Å². The molecular formula is C37H53N5O5S. The first-order chi connectivity index (χ1) is 22.1. The highest BCUT2D eigenvalue weighted by Crippen LogP contribution is 2.35. The minimum absolute atomic E-state index is 0.0192. The monoisotopic (exact) mass is 679 g/mol. The molecule has 1 aromatic heterocycles. The van der Waals surface area contributed by atoms with E-state index in [1.165, 1.54) is 24.0 Å². The zero-order chi connectivity index (χ0) is 36.4. The summed E-state index contributed by atoms with van der Waals surface area (Å²) in [5, 5.41) is 7.32. The number of likely N-dealkylation sites (N-methyl/N-ethyl adjacent to an activating group) is 2. The van der Waals surface area contributed by atoms with E-state index >= 15 is 0 Å². The summed E-state index contributed by atoms with van der Waals surface area (Å²) in [5.41, 5.74) is 1.79. The largest absolute Gasteiger partial charge is 0.350 e. The van der Waals surface area contributed by atoms with Crippen LogP contribution in [0.5, 0.6) is 0 Å². The number of carbonyl (C=O) groups is 3. The molecule has 0 saturated carbocycles. The van der Waals surface area contributed by atoms with Gasteiger partial charge in [-0.2, -0.15) is 0 Å². The van der Waals surface area contributed by atoms with Crippen LogP contribution in [0, 0.1) is 18.3 Å². The molecule has 0 aliphatic rings. The van der Waals surface area contributed by atoms with E-state index in [0.29, 0.717) is 0 Å². The summed E-state index contributed by atoms with van der Waals surface area (Å²) in [4.78, 5) is 42.9. The highest BCUT2D eigenvalue weighted by molar-refractivity contribution is 7.90. The predicted octanol–water partition coefficient (Wildman–Crippen LogP) is 4.82. The number of fused-ring (bicyclic) bond motifs is 1. The number of carbonyl (C=O) groups excluding carboxylic acids is 3. The van der Waals surface area contributed by atoms with Gasteiger partial charge in [0.1, 0.15) is 6.04 Å². The van der Waals surface area contributed by atoms with Crippen LogP contribution in [0.1, 0.15) is 66.5 Å². The Hall–Kier alpha value is -3.96. The second-order valence-corrected chi connectivity index (χ2v) is 16.4. The maximum Gasteiger partial charge on any atom is 0.264 e. The lowest BCUT2D eigenvalue weighted by Crippen LogP contribution is -2.61. The summed E-state index contributed by atoms with van der Waals surface area (Å²) in [6, 6.07) is 12.1. The van der Waals surface area contributed by atoms with E-state index in [0.717, 1.165) is 22.0 Å². The van der Waals surface area contributed by atoms with Gasteiger partial charge in [-0.1, -0.05) is 90.4 Å². The third-order valence-electron chi connectivity index (χ3n) is 9.08. The Balaban J connectivity index is 1.88. The molecule has 2 aromatic carbocycles. The number of rotatable bonds is 12. The highest BCUT2D eigenvalue weighted by atomic mass is 32.2. The highest BCUT2D eigenvalue weighted by Gasteiger charge is 2.42. The number of amides is 3. The molecule has 0 bridgehead atoms. The van der Waals surface area contributed by atoms with Gasteiger partial charge in [-0.25, -0.2) is 13.1 Å². The molecule has 11 heteroatoms. The second-order valence-electron chi connectivity index (χ2n) is 14.7. The van der Waals surface area contributed by atoms with Crippen molar-refractivity contribution >= 4 is 38.6 Å². The van der Waals surface area contributed by atoms with Crippen LogP contribution in [0.25, 0.3) is 10.9 Å². The zero-order valence-electron chi connectivity index (χ0n) is 30.4. The van der Waals surface area contributed by atoms with Crippen molar-refractivity contribution < 1.29 is 22.8 Å². The van der Waals surface area contributed by atoms with Crippen LogP contribution in [-0.2, 0) is 36.9 Å². The summed E-state index contributed by atoms with van der Waals surface area (Å²) in [7, 11) is 1.27. The summed E-state index contributed by atoms with van der Waals surface area (Å²) < 4.78 is 29.9. The van der Waals surface area contributed by atoms with Crippen molar-refractivity contribution in [3.8, 4) is 0 Å². The molecule has 48 heavy (non-hydrogen) atoms.